The van der Waals surface area contributed by atoms with Gasteiger partial charge in [0.2, 0.25) is 0 Å². The summed E-state index contributed by atoms with van der Waals surface area (Å²) in [5.41, 5.74) is 8.07. The van der Waals surface area contributed by atoms with Crippen molar-refractivity contribution in [3.8, 4) is 0 Å². The van der Waals surface area contributed by atoms with E-state index in [0.717, 1.165) is 12.1 Å². The summed E-state index contributed by atoms with van der Waals surface area (Å²) in [7, 11) is 0. The summed E-state index contributed by atoms with van der Waals surface area (Å²) in [6.07, 6.45) is 4.76. The number of rotatable bonds is 5. The van der Waals surface area contributed by atoms with E-state index in [4.69, 9.17) is 10.5 Å². The predicted octanol–water partition coefficient (Wildman–Crippen LogP) is 1.92. The van der Waals surface area contributed by atoms with E-state index in [9.17, 15) is 0 Å². The smallest absolute Gasteiger partial charge is 0.142 e. The molecule has 0 saturated carbocycles. The lowest BCUT2D eigenvalue weighted by Crippen LogP contribution is -2.17. The van der Waals surface area contributed by atoms with Crippen molar-refractivity contribution < 1.29 is 4.74 Å². The third-order valence-corrected chi connectivity index (χ3v) is 2.69. The Balaban J connectivity index is 2.39. The molecule has 2 aromatic heterocycles. The molecule has 0 radical (unpaired) electrons. The van der Waals surface area contributed by atoms with Gasteiger partial charge in [-0.1, -0.05) is 0 Å². The minimum Gasteiger partial charge on any atom is -0.361 e. The summed E-state index contributed by atoms with van der Waals surface area (Å²) in [5, 5.41) is 1.17. The Morgan fingerprint density at radius 2 is 2.35 bits per heavy atom. The Morgan fingerprint density at radius 3 is 3.06 bits per heavy atom. The van der Waals surface area contributed by atoms with E-state index in [1.54, 1.807) is 6.20 Å². The first-order valence-electron chi connectivity index (χ1n) is 5.98. The van der Waals surface area contributed by atoms with E-state index in [-0.39, 0.29) is 6.04 Å². The highest BCUT2D eigenvalue weighted by atomic mass is 16.5. The fraction of sp³-hybridized carbons (Fsp3) is 0.462. The van der Waals surface area contributed by atoms with Gasteiger partial charge in [0.15, 0.2) is 0 Å². The predicted molar refractivity (Wildman–Crippen MR) is 68.7 cm³/mol. The molecule has 2 rings (SSSR count). The molecule has 1 atom stereocenters. The van der Waals surface area contributed by atoms with Crippen LogP contribution in [0.4, 0.5) is 0 Å². The zero-order chi connectivity index (χ0) is 12.3. The summed E-state index contributed by atoms with van der Waals surface area (Å²) in [6.45, 7) is 5.25. The van der Waals surface area contributed by atoms with Crippen LogP contribution >= 0.6 is 0 Å². The zero-order valence-electron chi connectivity index (χ0n) is 10.4. The van der Waals surface area contributed by atoms with Crippen molar-refractivity contribution in [3.05, 3.63) is 30.1 Å². The average molecular weight is 233 g/mol. The van der Waals surface area contributed by atoms with Crippen molar-refractivity contribution in [1.29, 1.82) is 0 Å². The van der Waals surface area contributed by atoms with Crippen LogP contribution in [0.1, 0.15) is 19.4 Å². The topological polar surface area (TPSA) is 53.1 Å². The number of hydrogen-bond donors (Lipinski definition) is 1. The van der Waals surface area contributed by atoms with Gasteiger partial charge in [0.25, 0.3) is 0 Å². The van der Waals surface area contributed by atoms with Crippen LogP contribution in [-0.4, -0.2) is 22.2 Å². The van der Waals surface area contributed by atoms with Gasteiger partial charge in [0.05, 0.1) is 0 Å². The van der Waals surface area contributed by atoms with Gasteiger partial charge < -0.3 is 15.0 Å². The van der Waals surface area contributed by atoms with Crippen LogP contribution in [0.25, 0.3) is 11.0 Å². The molecule has 0 spiro atoms. The quantitative estimate of drug-likeness (QED) is 0.858. The minimum absolute atomic E-state index is 0.154. The highest BCUT2D eigenvalue weighted by Crippen LogP contribution is 2.20. The molecular weight excluding hydrogens is 214 g/mol. The molecule has 17 heavy (non-hydrogen) atoms. The second kappa shape index (κ2) is 5.29. The molecule has 2 N–H and O–H groups in total. The Kier molecular flexibility index (Phi) is 3.76. The average Bonchev–Trinajstić information content (AvgIpc) is 2.65. The number of hydrogen-bond acceptors (Lipinski definition) is 3. The largest absolute Gasteiger partial charge is 0.361 e. The molecule has 0 saturated heterocycles. The van der Waals surface area contributed by atoms with E-state index in [2.05, 4.69) is 17.2 Å². The Labute approximate surface area is 101 Å². The fourth-order valence-electron chi connectivity index (χ4n) is 1.99. The molecule has 92 valence electrons. The number of nitrogens with zero attached hydrogens (tertiary/aromatic N) is 2. The second-order valence-electron chi connectivity index (χ2n) is 4.30. The molecule has 0 aromatic carbocycles. The first-order chi connectivity index (χ1) is 8.22. The van der Waals surface area contributed by atoms with Crippen molar-refractivity contribution in [2.45, 2.75) is 33.0 Å². The van der Waals surface area contributed by atoms with Crippen molar-refractivity contribution in [2.75, 3.05) is 6.61 Å². The molecular formula is C13H19N3O. The van der Waals surface area contributed by atoms with Crippen LogP contribution in [0.3, 0.4) is 0 Å². The normalized spacial score (nSPS) is 13.1. The molecule has 2 heterocycles. The second-order valence-corrected chi connectivity index (χ2v) is 4.30. The molecule has 0 aliphatic carbocycles. The lowest BCUT2D eigenvalue weighted by molar-refractivity contribution is 0.0904. The summed E-state index contributed by atoms with van der Waals surface area (Å²) in [4.78, 5) is 4.40. The maximum Gasteiger partial charge on any atom is 0.142 e. The monoisotopic (exact) mass is 233 g/mol. The number of pyridine rings is 1. The first kappa shape index (κ1) is 12.1. The van der Waals surface area contributed by atoms with Gasteiger partial charge in [-0.3, -0.25) is 0 Å². The Hall–Kier alpha value is -1.39. The van der Waals surface area contributed by atoms with Gasteiger partial charge in [-0.15, -0.1) is 0 Å². The summed E-state index contributed by atoms with van der Waals surface area (Å²) < 4.78 is 7.48. The van der Waals surface area contributed by atoms with Crippen molar-refractivity contribution in [1.82, 2.24) is 9.55 Å². The van der Waals surface area contributed by atoms with Crippen LogP contribution < -0.4 is 5.73 Å². The first-order valence-corrected chi connectivity index (χ1v) is 5.98. The maximum absolute atomic E-state index is 5.86. The molecule has 1 unspecified atom stereocenters. The minimum atomic E-state index is 0.154. The number of ether oxygens (including phenoxy) is 1. The third-order valence-electron chi connectivity index (χ3n) is 2.69. The molecule has 0 aliphatic rings. The molecule has 4 nitrogen and oxygen atoms in total. The van der Waals surface area contributed by atoms with Gasteiger partial charge in [-0.25, -0.2) is 4.98 Å². The van der Waals surface area contributed by atoms with E-state index in [1.807, 2.05) is 24.5 Å². The molecule has 0 bridgehead atoms. The van der Waals surface area contributed by atoms with Crippen molar-refractivity contribution >= 4 is 11.0 Å². The van der Waals surface area contributed by atoms with Gasteiger partial charge in [0, 0.05) is 30.4 Å². The highest BCUT2D eigenvalue weighted by molar-refractivity contribution is 5.80. The standard InChI is InChI=1S/C13H19N3O/c1-3-17-9-16-8-11(7-10(2)14)12-5-4-6-15-13(12)16/h4-6,8,10H,3,7,9,14H2,1-2H3. The summed E-state index contributed by atoms with van der Waals surface area (Å²) >= 11 is 0. The number of nitrogens with two attached hydrogens (primary N) is 1. The summed E-state index contributed by atoms with van der Waals surface area (Å²) in [6, 6.07) is 4.20. The number of aromatic nitrogens is 2. The van der Waals surface area contributed by atoms with Gasteiger partial charge in [-0.05, 0) is 38.0 Å². The zero-order valence-corrected chi connectivity index (χ0v) is 10.4. The molecule has 2 aromatic rings. The van der Waals surface area contributed by atoms with Crippen LogP contribution in [-0.2, 0) is 17.9 Å². The Bertz CT molecular complexity index is 490. The van der Waals surface area contributed by atoms with Gasteiger partial charge in [-0.2, -0.15) is 0 Å². The van der Waals surface area contributed by atoms with Crippen LogP contribution in [0.2, 0.25) is 0 Å². The molecule has 0 fully saturated rings. The molecule has 0 amide bonds. The van der Waals surface area contributed by atoms with Crippen molar-refractivity contribution in [2.24, 2.45) is 5.73 Å². The Morgan fingerprint density at radius 1 is 1.53 bits per heavy atom. The van der Waals surface area contributed by atoms with E-state index in [0.29, 0.717) is 13.3 Å². The maximum atomic E-state index is 5.86. The van der Waals surface area contributed by atoms with Crippen LogP contribution in [0.5, 0.6) is 0 Å². The van der Waals surface area contributed by atoms with Crippen LogP contribution in [0.15, 0.2) is 24.5 Å². The fourth-order valence-corrected chi connectivity index (χ4v) is 1.99. The summed E-state index contributed by atoms with van der Waals surface area (Å²) in [5.74, 6) is 0. The lowest BCUT2D eigenvalue weighted by atomic mass is 10.1. The number of fused-ring (bicyclic) bond motifs is 1. The van der Waals surface area contributed by atoms with Crippen LogP contribution in [0, 0.1) is 0 Å². The van der Waals surface area contributed by atoms with Crippen molar-refractivity contribution in [3.63, 3.8) is 0 Å². The molecule has 0 aliphatic heterocycles. The van der Waals surface area contributed by atoms with Gasteiger partial charge >= 0.3 is 0 Å². The third kappa shape index (κ3) is 2.65. The lowest BCUT2D eigenvalue weighted by Gasteiger charge is -2.03. The SMILES string of the molecule is CCOCn1cc(CC(C)N)c2cccnc21. The highest BCUT2D eigenvalue weighted by Gasteiger charge is 2.10. The van der Waals surface area contributed by atoms with E-state index < -0.39 is 0 Å². The van der Waals surface area contributed by atoms with E-state index >= 15 is 0 Å². The van der Waals surface area contributed by atoms with Gasteiger partial charge in [0.1, 0.15) is 12.4 Å². The van der Waals surface area contributed by atoms with E-state index in [1.165, 1.54) is 10.9 Å². The molecule has 4 heteroatoms.